The van der Waals surface area contributed by atoms with Crippen molar-refractivity contribution < 1.29 is 9.59 Å². The van der Waals surface area contributed by atoms with Crippen molar-refractivity contribution in [3.8, 4) is 17.1 Å². The van der Waals surface area contributed by atoms with E-state index in [0.29, 0.717) is 11.0 Å². The summed E-state index contributed by atoms with van der Waals surface area (Å²) in [6, 6.07) is 27.3. The Hall–Kier alpha value is -3.91. The maximum Gasteiger partial charge on any atom is 0.243 e. The van der Waals surface area contributed by atoms with Crippen LogP contribution in [0.15, 0.2) is 90.1 Å². The number of rotatable bonds is 9. The monoisotopic (exact) mass is 485 g/mol. The van der Waals surface area contributed by atoms with Crippen LogP contribution in [0.4, 0.5) is 5.69 Å². The highest BCUT2D eigenvalue weighted by Gasteiger charge is 2.19. The molecule has 1 N–H and O–H groups in total. The van der Waals surface area contributed by atoms with Gasteiger partial charge in [0.05, 0.1) is 12.3 Å². The number of aryl methyl sites for hydroxylation is 1. The molecule has 0 fully saturated rings. The molecule has 0 radical (unpaired) electrons. The van der Waals surface area contributed by atoms with Crippen molar-refractivity contribution in [1.29, 1.82) is 0 Å². The van der Waals surface area contributed by atoms with E-state index >= 15 is 0 Å². The first-order valence-electron chi connectivity index (χ1n) is 11.4. The van der Waals surface area contributed by atoms with Crippen LogP contribution < -0.4 is 5.32 Å². The molecule has 0 aliphatic heterocycles. The van der Waals surface area contributed by atoms with Gasteiger partial charge in [0.15, 0.2) is 11.0 Å². The van der Waals surface area contributed by atoms with Gasteiger partial charge in [-0.3, -0.25) is 14.2 Å². The maximum absolute atomic E-state index is 12.8. The molecule has 0 spiro atoms. The molecule has 4 rings (SSSR count). The number of nitrogens with one attached hydrogen (secondary N) is 1. The fourth-order valence-corrected chi connectivity index (χ4v) is 4.52. The highest BCUT2D eigenvalue weighted by molar-refractivity contribution is 7.99. The Morgan fingerprint density at radius 3 is 2.29 bits per heavy atom. The highest BCUT2D eigenvalue weighted by Crippen LogP contribution is 2.28. The van der Waals surface area contributed by atoms with Gasteiger partial charge in [0.1, 0.15) is 0 Å². The van der Waals surface area contributed by atoms with E-state index in [1.54, 1.807) is 7.05 Å². The van der Waals surface area contributed by atoms with E-state index in [1.807, 2.05) is 96.4 Å². The molecular weight excluding hydrogens is 458 g/mol. The first-order chi connectivity index (χ1) is 17.1. The largest absolute Gasteiger partial charge is 0.336 e. The second kappa shape index (κ2) is 11.5. The number of carbonyl (C=O) groups is 2. The Kier molecular flexibility index (Phi) is 7.95. The van der Waals surface area contributed by atoms with Crippen LogP contribution in [0.5, 0.6) is 0 Å². The van der Waals surface area contributed by atoms with E-state index in [1.165, 1.54) is 16.7 Å². The average Bonchev–Trinajstić information content (AvgIpc) is 3.32. The fourth-order valence-electron chi connectivity index (χ4n) is 3.63. The molecule has 0 saturated carbocycles. The summed E-state index contributed by atoms with van der Waals surface area (Å²) < 4.78 is 1.95. The molecule has 0 aliphatic carbocycles. The Labute approximate surface area is 209 Å². The topological polar surface area (TPSA) is 80.1 Å². The third kappa shape index (κ3) is 5.96. The van der Waals surface area contributed by atoms with Gasteiger partial charge in [0, 0.05) is 24.0 Å². The number of aromatic nitrogens is 3. The zero-order valence-corrected chi connectivity index (χ0v) is 20.5. The molecule has 0 atom stereocenters. The minimum atomic E-state index is -0.231. The quantitative estimate of drug-likeness (QED) is 0.348. The molecule has 4 aromatic rings. The van der Waals surface area contributed by atoms with E-state index in [4.69, 9.17) is 0 Å². The van der Waals surface area contributed by atoms with Crippen LogP contribution in [-0.4, -0.2) is 50.8 Å². The molecule has 178 valence electrons. The number of benzene rings is 3. The molecule has 2 amide bonds. The molecule has 0 saturated heterocycles. The number of para-hydroxylation sites is 2. The predicted octanol–water partition coefficient (Wildman–Crippen LogP) is 4.69. The number of anilines is 1. The smallest absolute Gasteiger partial charge is 0.243 e. The standard InChI is InChI=1S/C27H27N5O2S/c1-3-20-12-10-11-17-23(20)28-24(33)18-31(2)25(34)19-35-27-30-29-26(21-13-6-4-7-14-21)32(27)22-15-8-5-9-16-22/h4-17H,3,18-19H2,1-2H3,(H,28,33). The molecule has 1 heterocycles. The zero-order chi connectivity index (χ0) is 24.6. The lowest BCUT2D eigenvalue weighted by Gasteiger charge is -2.17. The van der Waals surface area contributed by atoms with E-state index in [9.17, 15) is 9.59 Å². The lowest BCUT2D eigenvalue weighted by atomic mass is 10.1. The van der Waals surface area contributed by atoms with Crippen molar-refractivity contribution in [2.75, 3.05) is 24.7 Å². The van der Waals surface area contributed by atoms with Crippen LogP contribution in [0.25, 0.3) is 17.1 Å². The number of amides is 2. The second-order valence-electron chi connectivity index (χ2n) is 7.94. The molecule has 35 heavy (non-hydrogen) atoms. The molecule has 1 aromatic heterocycles. The molecule has 0 unspecified atom stereocenters. The molecule has 7 nitrogen and oxygen atoms in total. The molecule has 8 heteroatoms. The molecule has 0 aliphatic rings. The van der Waals surface area contributed by atoms with Crippen LogP contribution in [0, 0.1) is 0 Å². The van der Waals surface area contributed by atoms with Gasteiger partial charge in [0.25, 0.3) is 0 Å². The molecule has 3 aromatic carbocycles. The molecular formula is C27H27N5O2S. The van der Waals surface area contributed by atoms with Crippen LogP contribution in [0.3, 0.4) is 0 Å². The van der Waals surface area contributed by atoms with Crippen molar-refractivity contribution in [1.82, 2.24) is 19.7 Å². The molecule has 0 bridgehead atoms. The Morgan fingerprint density at radius 1 is 0.914 bits per heavy atom. The normalized spacial score (nSPS) is 10.7. The SMILES string of the molecule is CCc1ccccc1NC(=O)CN(C)C(=O)CSc1nnc(-c2ccccc2)n1-c1ccccc1. The first kappa shape index (κ1) is 24.2. The minimum absolute atomic E-state index is 0.0297. The summed E-state index contributed by atoms with van der Waals surface area (Å²) in [5.74, 6) is 0.437. The Bertz CT molecular complexity index is 1290. The van der Waals surface area contributed by atoms with Crippen molar-refractivity contribution in [2.45, 2.75) is 18.5 Å². The van der Waals surface area contributed by atoms with E-state index in [2.05, 4.69) is 15.5 Å². The van der Waals surface area contributed by atoms with E-state index in [0.717, 1.165) is 28.9 Å². The van der Waals surface area contributed by atoms with Gasteiger partial charge in [-0.25, -0.2) is 0 Å². The van der Waals surface area contributed by atoms with Gasteiger partial charge in [-0.15, -0.1) is 10.2 Å². The van der Waals surface area contributed by atoms with Crippen LogP contribution in [0.1, 0.15) is 12.5 Å². The van der Waals surface area contributed by atoms with Crippen molar-refractivity contribution in [2.24, 2.45) is 0 Å². The maximum atomic E-state index is 12.8. The lowest BCUT2D eigenvalue weighted by Crippen LogP contribution is -2.36. The minimum Gasteiger partial charge on any atom is -0.336 e. The average molecular weight is 486 g/mol. The van der Waals surface area contributed by atoms with Crippen LogP contribution >= 0.6 is 11.8 Å². The lowest BCUT2D eigenvalue weighted by molar-refractivity contribution is -0.131. The summed E-state index contributed by atoms with van der Waals surface area (Å²) in [4.78, 5) is 26.8. The Morgan fingerprint density at radius 2 is 1.57 bits per heavy atom. The van der Waals surface area contributed by atoms with Gasteiger partial charge < -0.3 is 10.2 Å². The van der Waals surface area contributed by atoms with Crippen molar-refractivity contribution in [3.05, 3.63) is 90.5 Å². The fraction of sp³-hybridized carbons (Fsp3) is 0.185. The summed E-state index contributed by atoms with van der Waals surface area (Å²) in [6.07, 6.45) is 0.814. The Balaban J connectivity index is 1.44. The van der Waals surface area contributed by atoms with Crippen molar-refractivity contribution in [3.63, 3.8) is 0 Å². The van der Waals surface area contributed by atoms with Gasteiger partial charge in [-0.1, -0.05) is 85.4 Å². The number of carbonyl (C=O) groups excluding carboxylic acids is 2. The van der Waals surface area contributed by atoms with Gasteiger partial charge in [-0.05, 0) is 30.2 Å². The number of likely N-dealkylation sites (N-methyl/N-ethyl adjacent to an activating group) is 1. The zero-order valence-electron chi connectivity index (χ0n) is 19.7. The number of nitrogens with zero attached hydrogens (tertiary/aromatic N) is 4. The van der Waals surface area contributed by atoms with E-state index < -0.39 is 0 Å². The third-order valence-electron chi connectivity index (χ3n) is 5.48. The van der Waals surface area contributed by atoms with Gasteiger partial charge in [-0.2, -0.15) is 0 Å². The second-order valence-corrected chi connectivity index (χ2v) is 8.88. The van der Waals surface area contributed by atoms with Crippen LogP contribution in [0.2, 0.25) is 0 Å². The third-order valence-corrected chi connectivity index (χ3v) is 6.40. The number of hydrogen-bond acceptors (Lipinski definition) is 5. The summed E-state index contributed by atoms with van der Waals surface area (Å²) in [5, 5.41) is 12.3. The first-order valence-corrected chi connectivity index (χ1v) is 12.4. The van der Waals surface area contributed by atoms with Gasteiger partial charge >= 0.3 is 0 Å². The highest BCUT2D eigenvalue weighted by atomic mass is 32.2. The summed E-state index contributed by atoms with van der Waals surface area (Å²) in [5.41, 5.74) is 3.68. The number of hydrogen-bond donors (Lipinski definition) is 1. The van der Waals surface area contributed by atoms with E-state index in [-0.39, 0.29) is 24.1 Å². The summed E-state index contributed by atoms with van der Waals surface area (Å²) >= 11 is 1.30. The van der Waals surface area contributed by atoms with Crippen molar-refractivity contribution >= 4 is 29.3 Å². The van der Waals surface area contributed by atoms with Crippen LogP contribution in [-0.2, 0) is 16.0 Å². The predicted molar refractivity (Wildman–Crippen MR) is 140 cm³/mol. The summed E-state index contributed by atoms with van der Waals surface area (Å²) in [6.45, 7) is 2.01. The number of thioether (sulfide) groups is 1. The van der Waals surface area contributed by atoms with Gasteiger partial charge in [0.2, 0.25) is 11.8 Å². The summed E-state index contributed by atoms with van der Waals surface area (Å²) in [7, 11) is 1.63.